The average molecular weight is 331 g/mol. The van der Waals surface area contributed by atoms with Crippen molar-refractivity contribution in [3.05, 3.63) is 29.8 Å². The number of hydrogen-bond donors (Lipinski definition) is 3. The second-order valence-corrected chi connectivity index (χ2v) is 6.04. The summed E-state index contributed by atoms with van der Waals surface area (Å²) in [7, 11) is 0. The van der Waals surface area contributed by atoms with Crippen LogP contribution in [0.4, 0.5) is 15.7 Å². The highest BCUT2D eigenvalue weighted by Crippen LogP contribution is 2.45. The molecule has 1 aliphatic rings. The summed E-state index contributed by atoms with van der Waals surface area (Å²) in [6.45, 7) is 2.78. The number of nitrogens with two attached hydrogens (primary N) is 2. The summed E-state index contributed by atoms with van der Waals surface area (Å²) in [5.41, 5.74) is 11.4. The van der Waals surface area contributed by atoms with Crippen LogP contribution in [0.5, 0.6) is 0 Å². The Labute approximate surface area is 137 Å². The summed E-state index contributed by atoms with van der Waals surface area (Å²) in [5, 5.41) is 11.3. The van der Waals surface area contributed by atoms with Crippen LogP contribution in [0.3, 0.4) is 0 Å². The lowest BCUT2D eigenvalue weighted by molar-refractivity contribution is 0.123. The molecule has 7 nitrogen and oxygen atoms in total. The van der Waals surface area contributed by atoms with Crippen LogP contribution in [0.2, 0.25) is 0 Å². The van der Waals surface area contributed by atoms with E-state index in [2.05, 4.69) is 21.4 Å². The maximum atomic E-state index is 9.71. The third-order valence-corrected chi connectivity index (χ3v) is 4.77. The number of nitrogen functional groups attached to an aromatic ring is 1. The Kier molecular flexibility index (Phi) is 4.64. The van der Waals surface area contributed by atoms with Crippen LogP contribution >= 0.6 is 11.3 Å². The summed E-state index contributed by atoms with van der Waals surface area (Å²) in [6, 6.07) is 9.70. The van der Waals surface area contributed by atoms with E-state index in [1.165, 1.54) is 11.3 Å². The second kappa shape index (κ2) is 6.85. The molecular weight excluding hydrogens is 314 g/mol. The van der Waals surface area contributed by atoms with Crippen molar-refractivity contribution < 1.29 is 9.68 Å². The zero-order chi connectivity index (χ0) is 16.2. The third-order valence-electron chi connectivity index (χ3n) is 3.63. The monoisotopic (exact) mass is 331 g/mol. The van der Waals surface area contributed by atoms with Gasteiger partial charge in [-0.1, -0.05) is 23.5 Å². The van der Waals surface area contributed by atoms with Gasteiger partial charge in [0, 0.05) is 24.3 Å². The van der Waals surface area contributed by atoms with Gasteiger partial charge in [-0.2, -0.15) is 16.1 Å². The van der Waals surface area contributed by atoms with E-state index in [1.807, 2.05) is 18.2 Å². The summed E-state index contributed by atoms with van der Waals surface area (Å²) in [5.74, 6) is 5.17. The normalized spacial score (nSPS) is 14.5. The molecule has 8 heteroatoms. The maximum absolute atomic E-state index is 9.71. The molecule has 3 rings (SSSR count). The van der Waals surface area contributed by atoms with E-state index in [4.69, 9.17) is 16.4 Å². The molecule has 2 aromatic rings. The van der Waals surface area contributed by atoms with Gasteiger partial charge in [0.25, 0.3) is 0 Å². The standard InChI is InChI=1S/C15H17N5O2S/c16-9-12-13(10-2-1-3-11(17)8-10)14(19-22-18)23-15(12)20-4-6-21-7-5-20/h1-3,8,19H,4-7,17-18H2. The predicted molar refractivity (Wildman–Crippen MR) is 90.8 cm³/mol. The molecule has 0 atom stereocenters. The molecule has 23 heavy (non-hydrogen) atoms. The van der Waals surface area contributed by atoms with E-state index < -0.39 is 0 Å². The first kappa shape index (κ1) is 15.6. The Morgan fingerprint density at radius 2 is 2.13 bits per heavy atom. The first-order valence-corrected chi connectivity index (χ1v) is 7.93. The molecule has 1 aliphatic heterocycles. The minimum Gasteiger partial charge on any atom is -0.399 e. The van der Waals surface area contributed by atoms with Crippen molar-refractivity contribution in [3.63, 3.8) is 0 Å². The Morgan fingerprint density at radius 3 is 2.78 bits per heavy atom. The van der Waals surface area contributed by atoms with Gasteiger partial charge in [0.1, 0.15) is 16.1 Å². The fourth-order valence-corrected chi connectivity index (χ4v) is 3.77. The minimum absolute atomic E-state index is 0.585. The molecule has 120 valence electrons. The van der Waals surface area contributed by atoms with E-state index >= 15 is 0 Å². The van der Waals surface area contributed by atoms with E-state index in [0.29, 0.717) is 29.5 Å². The van der Waals surface area contributed by atoms with Gasteiger partial charge in [-0.25, -0.2) is 5.48 Å². The lowest BCUT2D eigenvalue weighted by atomic mass is 10.0. The molecule has 1 aromatic carbocycles. The van der Waals surface area contributed by atoms with Gasteiger partial charge in [-0.05, 0) is 17.7 Å². The fraction of sp³-hybridized carbons (Fsp3) is 0.267. The third kappa shape index (κ3) is 3.09. The highest BCUT2D eigenvalue weighted by molar-refractivity contribution is 7.21. The van der Waals surface area contributed by atoms with Crippen molar-refractivity contribution in [2.24, 2.45) is 5.90 Å². The lowest BCUT2D eigenvalue weighted by Gasteiger charge is -2.27. The largest absolute Gasteiger partial charge is 0.399 e. The average Bonchev–Trinajstić information content (AvgIpc) is 2.94. The van der Waals surface area contributed by atoms with Crippen molar-refractivity contribution in [1.29, 1.82) is 5.26 Å². The SMILES string of the molecule is N#Cc1c(N2CCOCC2)sc(NON)c1-c1cccc(N)c1. The molecule has 1 fully saturated rings. The summed E-state index contributed by atoms with van der Waals surface area (Å²) in [4.78, 5) is 6.74. The van der Waals surface area contributed by atoms with Gasteiger partial charge in [0.15, 0.2) is 0 Å². The number of rotatable bonds is 4. The number of thiophene rings is 1. The van der Waals surface area contributed by atoms with Crippen molar-refractivity contribution in [2.75, 3.05) is 42.4 Å². The summed E-state index contributed by atoms with van der Waals surface area (Å²) in [6.07, 6.45) is 0. The minimum atomic E-state index is 0.585. The van der Waals surface area contributed by atoms with Crippen LogP contribution in [0.1, 0.15) is 5.56 Å². The van der Waals surface area contributed by atoms with Crippen LogP contribution < -0.4 is 22.0 Å². The molecule has 1 saturated heterocycles. The van der Waals surface area contributed by atoms with Crippen molar-refractivity contribution in [2.45, 2.75) is 0 Å². The number of nitriles is 1. The van der Waals surface area contributed by atoms with E-state index in [9.17, 15) is 5.26 Å². The number of benzene rings is 1. The molecule has 1 aromatic heterocycles. The topological polar surface area (TPSA) is 110 Å². The molecule has 5 N–H and O–H groups in total. The summed E-state index contributed by atoms with van der Waals surface area (Å²) < 4.78 is 5.38. The smallest absolute Gasteiger partial charge is 0.126 e. The number of hydrogen-bond acceptors (Lipinski definition) is 8. The number of anilines is 3. The van der Waals surface area contributed by atoms with Gasteiger partial charge in [-0.3, -0.25) is 0 Å². The molecule has 0 bridgehead atoms. The number of ether oxygens (including phenoxy) is 1. The number of nitrogens with zero attached hydrogens (tertiary/aromatic N) is 2. The van der Waals surface area contributed by atoms with Crippen LogP contribution in [0.15, 0.2) is 24.3 Å². The van der Waals surface area contributed by atoms with Gasteiger partial charge >= 0.3 is 0 Å². The zero-order valence-electron chi connectivity index (χ0n) is 12.4. The van der Waals surface area contributed by atoms with Gasteiger partial charge in [0.2, 0.25) is 0 Å². The molecule has 0 saturated carbocycles. The molecule has 0 spiro atoms. The second-order valence-electron chi connectivity index (χ2n) is 5.04. The van der Waals surface area contributed by atoms with E-state index in [-0.39, 0.29) is 0 Å². The van der Waals surface area contributed by atoms with Crippen molar-refractivity contribution >= 4 is 27.0 Å². The number of nitrogens with one attached hydrogen (secondary N) is 1. The van der Waals surface area contributed by atoms with Crippen molar-refractivity contribution in [3.8, 4) is 17.2 Å². The van der Waals surface area contributed by atoms with Gasteiger partial charge in [-0.15, -0.1) is 0 Å². The van der Waals surface area contributed by atoms with E-state index in [1.54, 1.807) is 6.07 Å². The van der Waals surface area contributed by atoms with Gasteiger partial charge in [0.05, 0.1) is 18.8 Å². The lowest BCUT2D eigenvalue weighted by Crippen LogP contribution is -2.36. The van der Waals surface area contributed by atoms with Gasteiger partial charge < -0.3 is 15.4 Å². The maximum Gasteiger partial charge on any atom is 0.126 e. The Bertz CT molecular complexity index is 734. The molecule has 0 amide bonds. The predicted octanol–water partition coefficient (Wildman–Crippen LogP) is 1.92. The Hall–Kier alpha value is -2.31. The molecule has 0 unspecified atom stereocenters. The van der Waals surface area contributed by atoms with Crippen LogP contribution in [-0.4, -0.2) is 26.3 Å². The highest BCUT2D eigenvalue weighted by Gasteiger charge is 2.25. The fourth-order valence-electron chi connectivity index (χ4n) is 2.61. The Morgan fingerprint density at radius 1 is 1.35 bits per heavy atom. The molecule has 0 radical (unpaired) electrons. The number of morpholine rings is 1. The Balaban J connectivity index is 2.12. The van der Waals surface area contributed by atoms with Crippen LogP contribution in [0.25, 0.3) is 11.1 Å². The first-order valence-electron chi connectivity index (χ1n) is 7.12. The van der Waals surface area contributed by atoms with Crippen LogP contribution in [0, 0.1) is 11.3 Å². The highest BCUT2D eigenvalue weighted by atomic mass is 32.1. The van der Waals surface area contributed by atoms with Crippen molar-refractivity contribution in [1.82, 2.24) is 0 Å². The quantitative estimate of drug-likeness (QED) is 0.580. The zero-order valence-corrected chi connectivity index (χ0v) is 13.2. The molecule has 0 aliphatic carbocycles. The molecule has 2 heterocycles. The summed E-state index contributed by atoms with van der Waals surface area (Å²) >= 11 is 1.43. The first-order chi connectivity index (χ1) is 11.2. The van der Waals surface area contributed by atoms with Crippen LogP contribution in [-0.2, 0) is 9.68 Å². The van der Waals surface area contributed by atoms with E-state index in [0.717, 1.165) is 29.2 Å². The molecular formula is C15H17N5O2S.